The van der Waals surface area contributed by atoms with Crippen molar-refractivity contribution in [2.45, 2.75) is 40.2 Å². The molecular formula is C11H28Cl2N2. The fourth-order valence-corrected chi connectivity index (χ4v) is 1.65. The van der Waals surface area contributed by atoms with E-state index in [1.54, 1.807) is 0 Å². The Labute approximate surface area is 108 Å². The zero-order valence-electron chi connectivity index (χ0n) is 10.7. The Kier molecular flexibility index (Phi) is 17.5. The second kappa shape index (κ2) is 12.6. The van der Waals surface area contributed by atoms with E-state index in [4.69, 9.17) is 0 Å². The third kappa shape index (κ3) is 10.8. The third-order valence-corrected chi connectivity index (χ3v) is 2.54. The summed E-state index contributed by atoms with van der Waals surface area (Å²) in [6.45, 7) is 12.5. The Hall–Kier alpha value is 0.500. The predicted molar refractivity (Wildman–Crippen MR) is 74.6 cm³/mol. The van der Waals surface area contributed by atoms with Crippen molar-refractivity contribution in [3.05, 3.63) is 0 Å². The van der Waals surface area contributed by atoms with Crippen LogP contribution in [0, 0.1) is 5.92 Å². The fourth-order valence-electron chi connectivity index (χ4n) is 1.65. The average molecular weight is 259 g/mol. The molecule has 0 bridgehead atoms. The first-order chi connectivity index (χ1) is 6.13. The molecule has 0 amide bonds. The molecule has 1 unspecified atom stereocenters. The highest BCUT2D eigenvalue weighted by atomic mass is 35.5. The first-order valence-electron chi connectivity index (χ1n) is 5.53. The normalized spacial score (nSPS) is 12.2. The van der Waals surface area contributed by atoms with Crippen molar-refractivity contribution in [1.29, 1.82) is 0 Å². The summed E-state index contributed by atoms with van der Waals surface area (Å²) in [6, 6.07) is 0.653. The molecule has 0 rings (SSSR count). The van der Waals surface area contributed by atoms with Crippen LogP contribution in [0.25, 0.3) is 0 Å². The van der Waals surface area contributed by atoms with Crippen LogP contribution in [0.5, 0.6) is 0 Å². The number of hydrogen-bond acceptors (Lipinski definition) is 2. The number of nitrogens with zero attached hydrogens (tertiary/aromatic N) is 1. The molecule has 0 aromatic rings. The topological polar surface area (TPSA) is 15.3 Å². The van der Waals surface area contributed by atoms with Crippen LogP contribution in [0.1, 0.15) is 34.1 Å². The molecule has 96 valence electrons. The Morgan fingerprint density at radius 2 is 1.53 bits per heavy atom. The number of halogens is 2. The molecule has 0 fully saturated rings. The quantitative estimate of drug-likeness (QED) is 0.756. The summed E-state index contributed by atoms with van der Waals surface area (Å²) < 4.78 is 0. The van der Waals surface area contributed by atoms with Gasteiger partial charge in [-0.1, -0.05) is 27.7 Å². The van der Waals surface area contributed by atoms with Gasteiger partial charge >= 0.3 is 0 Å². The molecule has 0 aliphatic carbocycles. The second-order valence-corrected chi connectivity index (χ2v) is 4.10. The smallest absolute Gasteiger partial charge is 0.0194 e. The molecule has 0 aromatic carbocycles. The molecular weight excluding hydrogens is 231 g/mol. The van der Waals surface area contributed by atoms with Gasteiger partial charge in [0.05, 0.1) is 0 Å². The van der Waals surface area contributed by atoms with E-state index in [0.29, 0.717) is 6.04 Å². The molecule has 0 heterocycles. The van der Waals surface area contributed by atoms with Crippen molar-refractivity contribution < 1.29 is 0 Å². The minimum atomic E-state index is 0. The minimum absolute atomic E-state index is 0. The van der Waals surface area contributed by atoms with E-state index >= 15 is 0 Å². The van der Waals surface area contributed by atoms with Gasteiger partial charge in [0, 0.05) is 12.6 Å². The highest BCUT2D eigenvalue weighted by Crippen LogP contribution is 2.05. The van der Waals surface area contributed by atoms with Gasteiger partial charge in [-0.25, -0.2) is 0 Å². The molecule has 0 aliphatic rings. The molecule has 0 saturated carbocycles. The second-order valence-electron chi connectivity index (χ2n) is 4.10. The lowest BCUT2D eigenvalue weighted by molar-refractivity contribution is 0.253. The lowest BCUT2D eigenvalue weighted by atomic mass is 10.0. The van der Waals surface area contributed by atoms with E-state index in [-0.39, 0.29) is 24.8 Å². The van der Waals surface area contributed by atoms with Gasteiger partial charge < -0.3 is 10.2 Å². The van der Waals surface area contributed by atoms with Crippen LogP contribution in [0.4, 0.5) is 0 Å². The molecule has 0 spiro atoms. The summed E-state index contributed by atoms with van der Waals surface area (Å²) in [5.74, 6) is 0.785. The highest BCUT2D eigenvalue weighted by Gasteiger charge is 2.11. The van der Waals surface area contributed by atoms with E-state index in [9.17, 15) is 0 Å². The van der Waals surface area contributed by atoms with Gasteiger partial charge in [-0.15, -0.1) is 24.8 Å². The van der Waals surface area contributed by atoms with Crippen molar-refractivity contribution in [2.24, 2.45) is 5.92 Å². The van der Waals surface area contributed by atoms with Crippen LogP contribution >= 0.6 is 24.8 Å². The Bertz CT molecular complexity index is 117. The van der Waals surface area contributed by atoms with E-state index in [0.717, 1.165) is 19.0 Å². The Morgan fingerprint density at radius 3 is 1.80 bits per heavy atom. The molecule has 4 heteroatoms. The standard InChI is InChI=1S/C11H26N2.2ClH/c1-6-13(7-2)9-11(12-5)8-10(3)4;;/h10-12H,6-9H2,1-5H3;2*1H. The lowest BCUT2D eigenvalue weighted by Gasteiger charge is -2.26. The lowest BCUT2D eigenvalue weighted by Crippen LogP contribution is -2.40. The maximum atomic E-state index is 3.39. The van der Waals surface area contributed by atoms with Gasteiger partial charge in [0.15, 0.2) is 0 Å². The number of rotatable bonds is 7. The van der Waals surface area contributed by atoms with E-state index in [1.807, 2.05) is 0 Å². The Morgan fingerprint density at radius 1 is 1.07 bits per heavy atom. The fraction of sp³-hybridized carbons (Fsp3) is 1.00. The first-order valence-corrected chi connectivity index (χ1v) is 5.53. The molecule has 1 N–H and O–H groups in total. The molecule has 0 saturated heterocycles. The monoisotopic (exact) mass is 258 g/mol. The SMILES string of the molecule is CCN(CC)CC(CC(C)C)NC.Cl.Cl. The van der Waals surface area contributed by atoms with Crippen LogP contribution < -0.4 is 5.32 Å². The third-order valence-electron chi connectivity index (χ3n) is 2.54. The zero-order chi connectivity index (χ0) is 10.3. The molecule has 0 aromatic heterocycles. The van der Waals surface area contributed by atoms with Crippen molar-refractivity contribution in [3.8, 4) is 0 Å². The Balaban J connectivity index is -0.000000720. The van der Waals surface area contributed by atoms with Crippen molar-refractivity contribution >= 4 is 24.8 Å². The van der Waals surface area contributed by atoms with E-state index in [1.165, 1.54) is 13.0 Å². The van der Waals surface area contributed by atoms with Gasteiger partial charge in [0.25, 0.3) is 0 Å². The van der Waals surface area contributed by atoms with Gasteiger partial charge in [0.1, 0.15) is 0 Å². The van der Waals surface area contributed by atoms with Crippen molar-refractivity contribution in [3.63, 3.8) is 0 Å². The summed E-state index contributed by atoms with van der Waals surface area (Å²) in [5, 5.41) is 3.39. The summed E-state index contributed by atoms with van der Waals surface area (Å²) >= 11 is 0. The molecule has 0 aliphatic heterocycles. The van der Waals surface area contributed by atoms with Gasteiger partial charge in [-0.2, -0.15) is 0 Å². The number of likely N-dealkylation sites (N-methyl/N-ethyl adjacent to an activating group) is 2. The summed E-state index contributed by atoms with van der Waals surface area (Å²) in [6.07, 6.45) is 1.27. The average Bonchev–Trinajstić information content (AvgIpc) is 2.11. The van der Waals surface area contributed by atoms with Gasteiger partial charge in [-0.05, 0) is 32.5 Å². The van der Waals surface area contributed by atoms with E-state index < -0.39 is 0 Å². The summed E-state index contributed by atoms with van der Waals surface area (Å²) in [5.41, 5.74) is 0. The maximum Gasteiger partial charge on any atom is 0.0194 e. The van der Waals surface area contributed by atoms with E-state index in [2.05, 4.69) is 45.0 Å². The molecule has 2 nitrogen and oxygen atoms in total. The largest absolute Gasteiger partial charge is 0.316 e. The maximum absolute atomic E-state index is 3.39. The van der Waals surface area contributed by atoms with Crippen LogP contribution in [-0.4, -0.2) is 37.6 Å². The van der Waals surface area contributed by atoms with Crippen LogP contribution in [-0.2, 0) is 0 Å². The van der Waals surface area contributed by atoms with Gasteiger partial charge in [0.2, 0.25) is 0 Å². The van der Waals surface area contributed by atoms with Crippen LogP contribution in [0.3, 0.4) is 0 Å². The number of hydrogen-bond donors (Lipinski definition) is 1. The van der Waals surface area contributed by atoms with Crippen LogP contribution in [0.2, 0.25) is 0 Å². The highest BCUT2D eigenvalue weighted by molar-refractivity contribution is 5.85. The molecule has 1 atom stereocenters. The molecule has 0 radical (unpaired) electrons. The summed E-state index contributed by atoms with van der Waals surface area (Å²) in [4.78, 5) is 2.48. The van der Waals surface area contributed by atoms with Crippen molar-refractivity contribution in [2.75, 3.05) is 26.7 Å². The molecule has 15 heavy (non-hydrogen) atoms. The number of nitrogens with one attached hydrogen (secondary N) is 1. The zero-order valence-corrected chi connectivity index (χ0v) is 12.4. The first kappa shape index (κ1) is 20.9. The predicted octanol–water partition coefficient (Wildman–Crippen LogP) is 2.81. The van der Waals surface area contributed by atoms with Gasteiger partial charge in [-0.3, -0.25) is 0 Å². The van der Waals surface area contributed by atoms with Crippen LogP contribution in [0.15, 0.2) is 0 Å². The van der Waals surface area contributed by atoms with Crippen molar-refractivity contribution in [1.82, 2.24) is 10.2 Å². The summed E-state index contributed by atoms with van der Waals surface area (Å²) in [7, 11) is 2.07. The minimum Gasteiger partial charge on any atom is -0.316 e.